The highest BCUT2D eigenvalue weighted by Gasteiger charge is 2.32. The first kappa shape index (κ1) is 30.2. The molecule has 0 fully saturated rings. The fourth-order valence-electron chi connectivity index (χ4n) is 4.44. The number of aliphatic hydroxyl groups is 1. The number of halogens is 1. The van der Waals surface area contributed by atoms with E-state index in [1.807, 2.05) is 38.1 Å². The minimum Gasteiger partial charge on any atom is -0.491 e. The molecule has 39 heavy (non-hydrogen) atoms. The molecule has 0 bridgehead atoms. The van der Waals surface area contributed by atoms with E-state index in [9.17, 15) is 14.4 Å². The number of nitrogens with zero attached hydrogens (tertiary/aromatic N) is 3. The van der Waals surface area contributed by atoms with Gasteiger partial charge in [0.05, 0.1) is 30.3 Å². The third-order valence-corrected chi connectivity index (χ3v) is 6.75. The minimum absolute atomic E-state index is 0.119. The molecule has 10 nitrogen and oxygen atoms in total. The van der Waals surface area contributed by atoms with Crippen LogP contribution in [0.1, 0.15) is 36.2 Å². The van der Waals surface area contributed by atoms with Crippen LogP contribution < -0.4 is 15.0 Å². The van der Waals surface area contributed by atoms with Gasteiger partial charge in [-0.25, -0.2) is 4.79 Å². The number of nitrogens with one attached hydrogen (secondary N) is 1. The molecule has 0 saturated heterocycles. The fourth-order valence-corrected chi connectivity index (χ4v) is 4.69. The van der Waals surface area contributed by atoms with Crippen molar-refractivity contribution < 1.29 is 29.0 Å². The average Bonchev–Trinajstić information content (AvgIpc) is 3.08. The number of aliphatic hydroxyl groups excluding tert-OH is 1. The highest BCUT2D eigenvalue weighted by molar-refractivity contribution is 6.34. The van der Waals surface area contributed by atoms with Gasteiger partial charge in [0.2, 0.25) is 5.91 Å². The predicted molar refractivity (Wildman–Crippen MR) is 149 cm³/mol. The molecule has 1 heterocycles. The van der Waals surface area contributed by atoms with E-state index >= 15 is 0 Å². The Hall–Kier alpha value is -3.34. The minimum atomic E-state index is -0.383. The van der Waals surface area contributed by atoms with E-state index in [0.29, 0.717) is 36.7 Å². The molecule has 0 spiro atoms. The van der Waals surface area contributed by atoms with E-state index in [1.54, 1.807) is 40.0 Å². The zero-order chi connectivity index (χ0) is 28.4. The lowest BCUT2D eigenvalue weighted by molar-refractivity contribution is -0.130. The molecule has 1 aliphatic rings. The molecule has 0 radical (unpaired) electrons. The van der Waals surface area contributed by atoms with Gasteiger partial charge in [0.25, 0.3) is 5.91 Å². The van der Waals surface area contributed by atoms with Crippen molar-refractivity contribution in [1.29, 1.82) is 0 Å². The van der Waals surface area contributed by atoms with E-state index in [0.717, 1.165) is 12.0 Å². The number of hydrogen-bond acceptors (Lipinski definition) is 6. The second-order valence-electron chi connectivity index (χ2n) is 9.27. The van der Waals surface area contributed by atoms with Crippen LogP contribution >= 0.6 is 11.6 Å². The Bertz CT molecular complexity index is 1150. The van der Waals surface area contributed by atoms with Crippen LogP contribution in [-0.4, -0.2) is 91.9 Å². The number of rotatable bonds is 11. The van der Waals surface area contributed by atoms with Gasteiger partial charge < -0.3 is 34.6 Å². The van der Waals surface area contributed by atoms with Crippen molar-refractivity contribution in [2.24, 2.45) is 0 Å². The monoisotopic (exact) mass is 560 g/mol. The molecule has 2 aromatic rings. The largest absolute Gasteiger partial charge is 0.491 e. The Morgan fingerprint density at radius 1 is 1.15 bits per heavy atom. The van der Waals surface area contributed by atoms with Crippen molar-refractivity contribution in [2.45, 2.75) is 32.9 Å². The summed E-state index contributed by atoms with van der Waals surface area (Å²) in [7, 11) is 1.58. The van der Waals surface area contributed by atoms with E-state index in [1.165, 1.54) is 0 Å². The summed E-state index contributed by atoms with van der Waals surface area (Å²) in [6.45, 7) is 5.67. The molecule has 4 amide bonds. The van der Waals surface area contributed by atoms with Crippen LogP contribution in [0.25, 0.3) is 0 Å². The molecular weight excluding hydrogens is 524 g/mol. The van der Waals surface area contributed by atoms with Gasteiger partial charge in [0.1, 0.15) is 12.4 Å². The van der Waals surface area contributed by atoms with Crippen LogP contribution in [0.15, 0.2) is 42.5 Å². The van der Waals surface area contributed by atoms with Crippen molar-refractivity contribution in [1.82, 2.24) is 15.1 Å². The Balaban J connectivity index is 1.77. The average molecular weight is 561 g/mol. The maximum atomic E-state index is 13.7. The summed E-state index contributed by atoms with van der Waals surface area (Å²) in [5.74, 6) is -0.0332. The molecule has 0 aliphatic carbocycles. The number of benzene rings is 2. The third kappa shape index (κ3) is 7.84. The molecule has 3 rings (SSSR count). The summed E-state index contributed by atoms with van der Waals surface area (Å²) in [5.41, 5.74) is 1.78. The van der Waals surface area contributed by atoms with Crippen LogP contribution in [0, 0.1) is 0 Å². The highest BCUT2D eigenvalue weighted by atomic mass is 35.5. The van der Waals surface area contributed by atoms with Gasteiger partial charge >= 0.3 is 6.03 Å². The summed E-state index contributed by atoms with van der Waals surface area (Å²) >= 11 is 6.45. The summed E-state index contributed by atoms with van der Waals surface area (Å²) in [4.78, 5) is 44.6. The SMILES string of the molecule is CCCN(CCOC)C(=O)CNC(=O)N1Cc2ccccc2N(C(=O)c2ccc(OCCO)cc2Cl)C[C@H]1C. The lowest BCUT2D eigenvalue weighted by Crippen LogP contribution is -2.50. The molecule has 1 atom stereocenters. The Labute approximate surface area is 234 Å². The number of fused-ring (bicyclic) bond motifs is 1. The highest BCUT2D eigenvalue weighted by Crippen LogP contribution is 2.31. The first-order chi connectivity index (χ1) is 18.8. The van der Waals surface area contributed by atoms with Gasteiger partial charge in [-0.3, -0.25) is 9.59 Å². The van der Waals surface area contributed by atoms with Gasteiger partial charge in [-0.15, -0.1) is 0 Å². The zero-order valence-corrected chi connectivity index (χ0v) is 23.4. The van der Waals surface area contributed by atoms with E-state index in [-0.39, 0.29) is 61.8 Å². The summed E-state index contributed by atoms with van der Waals surface area (Å²) in [6.07, 6.45) is 0.801. The second kappa shape index (κ2) is 14.7. The molecular formula is C28H37ClN4O6. The number of amides is 4. The molecule has 11 heteroatoms. The fraction of sp³-hybridized carbons (Fsp3) is 0.464. The number of para-hydroxylation sites is 1. The Kier molecular flexibility index (Phi) is 11.4. The summed E-state index contributed by atoms with van der Waals surface area (Å²) < 4.78 is 10.5. The first-order valence-electron chi connectivity index (χ1n) is 13.0. The number of carbonyl (C=O) groups is 3. The van der Waals surface area contributed by atoms with Gasteiger partial charge in [-0.1, -0.05) is 36.7 Å². The normalized spacial score (nSPS) is 14.8. The second-order valence-corrected chi connectivity index (χ2v) is 9.67. The number of ether oxygens (including phenoxy) is 2. The number of urea groups is 1. The summed E-state index contributed by atoms with van der Waals surface area (Å²) in [6, 6.07) is 11.4. The van der Waals surface area contributed by atoms with Crippen molar-refractivity contribution in [3.8, 4) is 5.75 Å². The Morgan fingerprint density at radius 2 is 1.92 bits per heavy atom. The van der Waals surface area contributed by atoms with Crippen molar-refractivity contribution in [3.05, 3.63) is 58.6 Å². The van der Waals surface area contributed by atoms with E-state index < -0.39 is 0 Å². The number of anilines is 1. The first-order valence-corrected chi connectivity index (χ1v) is 13.4. The van der Waals surface area contributed by atoms with Gasteiger partial charge in [-0.2, -0.15) is 0 Å². The topological polar surface area (TPSA) is 112 Å². The van der Waals surface area contributed by atoms with Crippen LogP contribution in [-0.2, 0) is 16.1 Å². The number of methoxy groups -OCH3 is 1. The standard InChI is InChI=1S/C28H37ClN4O6/c1-4-11-31(12-14-38-3)26(35)17-30-28(37)32-19-21-7-5-6-8-25(21)33(18-20(32)2)27(36)23-10-9-22(16-24(23)29)39-15-13-34/h5-10,16,20,34H,4,11-15,17-19H2,1-3H3,(H,30,37)/t20-/m1/s1. The van der Waals surface area contributed by atoms with E-state index in [2.05, 4.69) is 5.32 Å². The molecule has 2 aromatic carbocycles. The van der Waals surface area contributed by atoms with Crippen LogP contribution in [0.5, 0.6) is 5.75 Å². The molecule has 1 aliphatic heterocycles. The van der Waals surface area contributed by atoms with Gasteiger partial charge in [-0.05, 0) is 43.2 Å². The van der Waals surface area contributed by atoms with Crippen LogP contribution in [0.4, 0.5) is 10.5 Å². The lowest BCUT2D eigenvalue weighted by atomic mass is 10.1. The molecule has 2 N–H and O–H groups in total. The smallest absolute Gasteiger partial charge is 0.318 e. The zero-order valence-electron chi connectivity index (χ0n) is 22.7. The Morgan fingerprint density at radius 3 is 2.62 bits per heavy atom. The van der Waals surface area contributed by atoms with Gasteiger partial charge in [0, 0.05) is 45.0 Å². The molecule has 0 saturated carbocycles. The van der Waals surface area contributed by atoms with Gasteiger partial charge in [0.15, 0.2) is 0 Å². The summed E-state index contributed by atoms with van der Waals surface area (Å²) in [5, 5.41) is 12.0. The quantitative estimate of drug-likeness (QED) is 0.437. The van der Waals surface area contributed by atoms with Crippen molar-refractivity contribution in [2.75, 3.05) is 58.0 Å². The van der Waals surface area contributed by atoms with Crippen molar-refractivity contribution >= 4 is 35.1 Å². The number of hydrogen-bond donors (Lipinski definition) is 2. The van der Waals surface area contributed by atoms with Crippen LogP contribution in [0.3, 0.4) is 0 Å². The maximum absolute atomic E-state index is 13.7. The third-order valence-electron chi connectivity index (χ3n) is 6.44. The molecule has 0 unspecified atom stereocenters. The van der Waals surface area contributed by atoms with E-state index in [4.69, 9.17) is 26.2 Å². The lowest BCUT2D eigenvalue weighted by Gasteiger charge is -2.30. The maximum Gasteiger partial charge on any atom is 0.318 e. The van der Waals surface area contributed by atoms with Crippen molar-refractivity contribution in [3.63, 3.8) is 0 Å². The van der Waals surface area contributed by atoms with Crippen LogP contribution in [0.2, 0.25) is 5.02 Å². The predicted octanol–water partition coefficient (Wildman–Crippen LogP) is 3.16. The molecule has 0 aromatic heterocycles. The number of carbonyl (C=O) groups excluding carboxylic acids is 3. The molecule has 212 valence electrons.